The van der Waals surface area contributed by atoms with E-state index in [0.29, 0.717) is 52.9 Å². The van der Waals surface area contributed by atoms with Gasteiger partial charge < -0.3 is 23.4 Å². The van der Waals surface area contributed by atoms with Crippen molar-refractivity contribution in [2.75, 3.05) is 63.9 Å². The molecule has 0 aromatic carbocycles. The van der Waals surface area contributed by atoms with E-state index in [-0.39, 0.29) is 0 Å². The van der Waals surface area contributed by atoms with Crippen molar-refractivity contribution in [3.8, 4) is 0 Å². The summed E-state index contributed by atoms with van der Waals surface area (Å²) >= 11 is 2.28. The first-order valence-electron chi connectivity index (χ1n) is 7.07. The van der Waals surface area contributed by atoms with Gasteiger partial charge in [0.05, 0.1) is 59.5 Å². The Morgan fingerprint density at radius 2 is 0.950 bits per heavy atom. The SMILES string of the molecule is C[Si](C)(C)OCCOCCOCCOCCOCCI. The molecule has 0 atom stereocenters. The van der Waals surface area contributed by atoms with Gasteiger partial charge in [-0.15, -0.1) is 0 Å². The minimum absolute atomic E-state index is 0.598. The minimum Gasteiger partial charge on any atom is -0.415 e. The summed E-state index contributed by atoms with van der Waals surface area (Å²) in [7, 11) is -1.40. The van der Waals surface area contributed by atoms with Crippen molar-refractivity contribution in [1.82, 2.24) is 0 Å². The van der Waals surface area contributed by atoms with Gasteiger partial charge in [-0.05, 0) is 19.6 Å². The topological polar surface area (TPSA) is 46.2 Å². The highest BCUT2D eigenvalue weighted by atomic mass is 127. The Bertz CT molecular complexity index is 202. The van der Waals surface area contributed by atoms with Crippen molar-refractivity contribution in [3.05, 3.63) is 0 Å². The van der Waals surface area contributed by atoms with Gasteiger partial charge in [-0.25, -0.2) is 0 Å². The van der Waals surface area contributed by atoms with E-state index in [9.17, 15) is 0 Å². The summed E-state index contributed by atoms with van der Waals surface area (Å²) in [6, 6.07) is 0. The molecule has 0 fully saturated rings. The first kappa shape index (κ1) is 20.7. The molecule has 0 aliphatic rings. The molecule has 0 amide bonds. The van der Waals surface area contributed by atoms with Crippen molar-refractivity contribution >= 4 is 30.9 Å². The zero-order valence-corrected chi connectivity index (χ0v) is 16.1. The lowest BCUT2D eigenvalue weighted by Crippen LogP contribution is -2.27. The van der Waals surface area contributed by atoms with Gasteiger partial charge in [0.2, 0.25) is 0 Å². The Kier molecular flexibility index (Phi) is 15.2. The van der Waals surface area contributed by atoms with Crippen LogP contribution in [0.15, 0.2) is 0 Å². The lowest BCUT2D eigenvalue weighted by atomic mass is 10.7. The molecule has 0 saturated carbocycles. The molecule has 0 aromatic heterocycles. The van der Waals surface area contributed by atoms with E-state index in [2.05, 4.69) is 42.2 Å². The molecule has 20 heavy (non-hydrogen) atoms. The Labute approximate surface area is 137 Å². The number of hydrogen-bond acceptors (Lipinski definition) is 5. The molecule has 0 bridgehead atoms. The van der Waals surface area contributed by atoms with E-state index in [0.717, 1.165) is 11.0 Å². The Hall–Kier alpha value is 0.747. The summed E-state index contributed by atoms with van der Waals surface area (Å²) in [4.78, 5) is 0. The van der Waals surface area contributed by atoms with Crippen LogP contribution in [-0.4, -0.2) is 72.2 Å². The zero-order chi connectivity index (χ0) is 15.1. The molecule has 0 spiro atoms. The van der Waals surface area contributed by atoms with E-state index in [4.69, 9.17) is 23.4 Å². The highest BCUT2D eigenvalue weighted by Gasteiger charge is 2.12. The molecule has 0 rings (SSSR count). The normalized spacial score (nSPS) is 12.0. The van der Waals surface area contributed by atoms with E-state index >= 15 is 0 Å². The Balaban J connectivity index is 2.99. The second-order valence-corrected chi connectivity index (χ2v) is 10.7. The maximum absolute atomic E-state index is 5.67. The molecule has 0 heterocycles. The summed E-state index contributed by atoms with van der Waals surface area (Å²) in [5.41, 5.74) is 0. The highest BCUT2D eigenvalue weighted by molar-refractivity contribution is 14.1. The molecule has 0 radical (unpaired) electrons. The van der Waals surface area contributed by atoms with Crippen LogP contribution in [0.2, 0.25) is 19.6 Å². The van der Waals surface area contributed by atoms with E-state index in [1.165, 1.54) is 0 Å². The third kappa shape index (κ3) is 18.7. The smallest absolute Gasteiger partial charge is 0.183 e. The first-order chi connectivity index (χ1) is 9.56. The fourth-order valence-corrected chi connectivity index (χ4v) is 2.23. The fraction of sp³-hybridized carbons (Fsp3) is 1.00. The predicted octanol–water partition coefficient (Wildman–Crippen LogP) is 2.34. The Morgan fingerprint density at radius 1 is 0.600 bits per heavy atom. The van der Waals surface area contributed by atoms with Crippen LogP contribution in [0.3, 0.4) is 0 Å². The van der Waals surface area contributed by atoms with Crippen LogP contribution in [0.1, 0.15) is 0 Å². The van der Waals surface area contributed by atoms with Gasteiger partial charge in [-0.1, -0.05) is 22.6 Å². The summed E-state index contributed by atoms with van der Waals surface area (Å²) < 4.78 is 28.1. The molecule has 0 aliphatic heterocycles. The molecular weight excluding hydrogens is 391 g/mol. The molecule has 5 nitrogen and oxygen atoms in total. The molecule has 0 N–H and O–H groups in total. The van der Waals surface area contributed by atoms with Gasteiger partial charge in [0.25, 0.3) is 0 Å². The molecular formula is C13H29IO5Si. The number of ether oxygens (including phenoxy) is 4. The number of halogens is 1. The number of hydrogen-bond donors (Lipinski definition) is 0. The van der Waals surface area contributed by atoms with Crippen molar-refractivity contribution in [1.29, 1.82) is 0 Å². The van der Waals surface area contributed by atoms with Gasteiger partial charge >= 0.3 is 0 Å². The quantitative estimate of drug-likeness (QED) is 0.176. The monoisotopic (exact) mass is 420 g/mol. The minimum atomic E-state index is -1.40. The molecule has 0 aliphatic carbocycles. The summed E-state index contributed by atoms with van der Waals surface area (Å²) in [5, 5.41) is 0. The van der Waals surface area contributed by atoms with Gasteiger partial charge in [0, 0.05) is 4.43 Å². The predicted molar refractivity (Wildman–Crippen MR) is 91.5 cm³/mol. The van der Waals surface area contributed by atoms with Gasteiger partial charge in [0.15, 0.2) is 8.32 Å². The van der Waals surface area contributed by atoms with Gasteiger partial charge in [-0.2, -0.15) is 0 Å². The molecule has 0 aromatic rings. The van der Waals surface area contributed by atoms with E-state index in [1.54, 1.807) is 0 Å². The number of alkyl halides is 1. The summed E-state index contributed by atoms with van der Waals surface area (Å²) in [5.74, 6) is 0. The summed E-state index contributed by atoms with van der Waals surface area (Å²) in [6.07, 6.45) is 0. The molecule has 122 valence electrons. The van der Waals surface area contributed by atoms with Crippen molar-refractivity contribution in [3.63, 3.8) is 0 Å². The zero-order valence-electron chi connectivity index (χ0n) is 13.0. The largest absolute Gasteiger partial charge is 0.415 e. The van der Waals surface area contributed by atoms with Gasteiger partial charge in [0.1, 0.15) is 0 Å². The van der Waals surface area contributed by atoms with Crippen LogP contribution in [0.4, 0.5) is 0 Å². The first-order valence-corrected chi connectivity index (χ1v) is 12.0. The molecule has 0 saturated heterocycles. The standard InChI is InChI=1S/C13H29IO5Si/c1-20(2,3)19-13-12-18-11-10-17-9-8-16-7-6-15-5-4-14/h4-13H2,1-3H3. The van der Waals surface area contributed by atoms with Crippen molar-refractivity contribution < 1.29 is 23.4 Å². The Morgan fingerprint density at radius 3 is 1.30 bits per heavy atom. The van der Waals surface area contributed by atoms with E-state index in [1.807, 2.05) is 0 Å². The second-order valence-electron chi connectivity index (χ2n) is 5.10. The maximum Gasteiger partial charge on any atom is 0.183 e. The van der Waals surface area contributed by atoms with Crippen LogP contribution < -0.4 is 0 Å². The van der Waals surface area contributed by atoms with Crippen molar-refractivity contribution in [2.24, 2.45) is 0 Å². The van der Waals surface area contributed by atoms with Crippen LogP contribution in [0.5, 0.6) is 0 Å². The highest BCUT2D eigenvalue weighted by Crippen LogP contribution is 2.01. The summed E-state index contributed by atoms with van der Waals surface area (Å²) in [6.45, 7) is 12.3. The fourth-order valence-electron chi connectivity index (χ4n) is 1.22. The van der Waals surface area contributed by atoms with Crippen molar-refractivity contribution in [2.45, 2.75) is 19.6 Å². The van der Waals surface area contributed by atoms with Crippen LogP contribution in [0.25, 0.3) is 0 Å². The molecule has 0 unspecified atom stereocenters. The third-order valence-electron chi connectivity index (χ3n) is 2.10. The van der Waals surface area contributed by atoms with E-state index < -0.39 is 8.32 Å². The second kappa shape index (κ2) is 14.7. The lowest BCUT2D eigenvalue weighted by Gasteiger charge is -2.16. The van der Waals surface area contributed by atoms with Crippen LogP contribution in [-0.2, 0) is 23.4 Å². The average Bonchev–Trinajstić information content (AvgIpc) is 2.38. The average molecular weight is 420 g/mol. The maximum atomic E-state index is 5.67. The van der Waals surface area contributed by atoms with Gasteiger partial charge in [-0.3, -0.25) is 0 Å². The van der Waals surface area contributed by atoms with Crippen LogP contribution >= 0.6 is 22.6 Å². The molecule has 7 heteroatoms. The third-order valence-corrected chi connectivity index (χ3v) is 3.61. The van der Waals surface area contributed by atoms with Crippen LogP contribution in [0, 0.1) is 0 Å². The number of rotatable bonds is 15. The lowest BCUT2D eigenvalue weighted by molar-refractivity contribution is -0.00334.